The third-order valence-electron chi connectivity index (χ3n) is 5.99. The number of rotatable bonds is 2. The Bertz CT molecular complexity index is 747. The minimum absolute atomic E-state index is 0.0113. The van der Waals surface area contributed by atoms with Crippen LogP contribution in [-0.4, -0.2) is 60.7 Å². The Balaban J connectivity index is 1.39. The van der Waals surface area contributed by atoms with Gasteiger partial charge in [-0.25, -0.2) is 0 Å². The van der Waals surface area contributed by atoms with Gasteiger partial charge in [0.1, 0.15) is 0 Å². The molecule has 6 heteroatoms. The molecule has 0 N–H and O–H groups in total. The molecule has 2 aliphatic heterocycles. The van der Waals surface area contributed by atoms with E-state index < -0.39 is 0 Å². The molecule has 0 bridgehead atoms. The van der Waals surface area contributed by atoms with Crippen molar-refractivity contribution in [2.24, 2.45) is 5.92 Å². The molecule has 4 rings (SSSR count). The molecule has 0 atom stereocenters. The van der Waals surface area contributed by atoms with Gasteiger partial charge in [-0.3, -0.25) is 14.4 Å². The summed E-state index contributed by atoms with van der Waals surface area (Å²) in [6.07, 6.45) is 4.70. The molecule has 0 radical (unpaired) electrons. The number of carbonyl (C=O) groups is 3. The quantitative estimate of drug-likeness (QED) is 0.811. The van der Waals surface area contributed by atoms with Crippen molar-refractivity contribution in [1.82, 2.24) is 9.80 Å². The first-order chi connectivity index (χ1) is 12.5. The fourth-order valence-corrected chi connectivity index (χ4v) is 4.35. The van der Waals surface area contributed by atoms with Crippen molar-refractivity contribution in [3.63, 3.8) is 0 Å². The molecule has 3 aliphatic rings. The minimum atomic E-state index is -0.0113. The Morgan fingerprint density at radius 1 is 1.00 bits per heavy atom. The smallest absolute Gasteiger partial charge is 0.253 e. The molecule has 138 valence electrons. The van der Waals surface area contributed by atoms with Gasteiger partial charge in [0, 0.05) is 50.4 Å². The maximum atomic E-state index is 12.8. The van der Waals surface area contributed by atoms with Gasteiger partial charge in [-0.2, -0.15) is 0 Å². The first kappa shape index (κ1) is 17.1. The largest absolute Gasteiger partial charge is 0.339 e. The van der Waals surface area contributed by atoms with Gasteiger partial charge < -0.3 is 14.7 Å². The summed E-state index contributed by atoms with van der Waals surface area (Å²) in [5.74, 6) is 0.517. The lowest BCUT2D eigenvalue weighted by atomic mass is 10.1. The highest BCUT2D eigenvalue weighted by Crippen LogP contribution is 2.29. The van der Waals surface area contributed by atoms with Crippen LogP contribution in [0.1, 0.15) is 41.6 Å². The molecule has 1 aromatic carbocycles. The molecule has 1 aliphatic carbocycles. The van der Waals surface area contributed by atoms with Crippen LogP contribution in [0.5, 0.6) is 0 Å². The molecule has 26 heavy (non-hydrogen) atoms. The van der Waals surface area contributed by atoms with Gasteiger partial charge in [0.15, 0.2) is 0 Å². The predicted octanol–water partition coefficient (Wildman–Crippen LogP) is 1.68. The molecule has 1 aromatic rings. The number of benzene rings is 1. The van der Waals surface area contributed by atoms with E-state index in [1.807, 2.05) is 21.9 Å². The summed E-state index contributed by atoms with van der Waals surface area (Å²) in [7, 11) is 1.76. The van der Waals surface area contributed by atoms with Crippen LogP contribution in [0.2, 0.25) is 0 Å². The van der Waals surface area contributed by atoms with Gasteiger partial charge in [0.25, 0.3) is 5.91 Å². The van der Waals surface area contributed by atoms with E-state index in [0.717, 1.165) is 36.9 Å². The van der Waals surface area contributed by atoms with Crippen molar-refractivity contribution in [1.29, 1.82) is 0 Å². The maximum absolute atomic E-state index is 12.8. The third-order valence-corrected chi connectivity index (χ3v) is 5.99. The van der Waals surface area contributed by atoms with Crippen molar-refractivity contribution in [2.75, 3.05) is 38.1 Å². The fourth-order valence-electron chi connectivity index (χ4n) is 4.35. The summed E-state index contributed by atoms with van der Waals surface area (Å²) in [4.78, 5) is 42.5. The van der Waals surface area contributed by atoms with Crippen LogP contribution < -0.4 is 4.90 Å². The molecular weight excluding hydrogens is 330 g/mol. The second-order valence-corrected chi connectivity index (χ2v) is 7.57. The molecule has 2 fully saturated rings. The van der Waals surface area contributed by atoms with E-state index in [1.54, 1.807) is 18.0 Å². The predicted molar refractivity (Wildman–Crippen MR) is 98.0 cm³/mol. The van der Waals surface area contributed by atoms with Crippen molar-refractivity contribution in [2.45, 2.75) is 32.1 Å². The van der Waals surface area contributed by atoms with Crippen LogP contribution in [0, 0.1) is 5.92 Å². The number of piperazine rings is 1. The minimum Gasteiger partial charge on any atom is -0.339 e. The molecule has 6 nitrogen and oxygen atoms in total. The number of carbonyl (C=O) groups excluding carboxylic acids is 3. The third kappa shape index (κ3) is 2.97. The van der Waals surface area contributed by atoms with Gasteiger partial charge in [-0.15, -0.1) is 0 Å². The number of hydrogen-bond acceptors (Lipinski definition) is 3. The van der Waals surface area contributed by atoms with E-state index in [0.29, 0.717) is 38.2 Å². The van der Waals surface area contributed by atoms with Crippen LogP contribution in [0.3, 0.4) is 0 Å². The Kier molecular flexibility index (Phi) is 4.42. The number of anilines is 1. The SMILES string of the molecule is CN1C(=O)Cc2cc(C(=O)N3CCN(C(=O)C4CCCC4)CC3)ccc21. The summed E-state index contributed by atoms with van der Waals surface area (Å²) in [5.41, 5.74) is 2.43. The van der Waals surface area contributed by atoms with Crippen LogP contribution >= 0.6 is 0 Å². The fraction of sp³-hybridized carbons (Fsp3) is 0.550. The van der Waals surface area contributed by atoms with E-state index in [2.05, 4.69) is 0 Å². The lowest BCUT2D eigenvalue weighted by Gasteiger charge is -2.36. The molecule has 1 saturated heterocycles. The molecular formula is C20H25N3O3. The van der Waals surface area contributed by atoms with Crippen LogP contribution in [0.15, 0.2) is 18.2 Å². The lowest BCUT2D eigenvalue weighted by Crippen LogP contribution is -2.51. The molecule has 0 aromatic heterocycles. The summed E-state index contributed by atoms with van der Waals surface area (Å²) < 4.78 is 0. The number of likely N-dealkylation sites (N-methyl/N-ethyl adjacent to an activating group) is 1. The number of nitrogens with zero attached hydrogens (tertiary/aromatic N) is 3. The van der Waals surface area contributed by atoms with Gasteiger partial charge in [0.05, 0.1) is 6.42 Å². The number of hydrogen-bond donors (Lipinski definition) is 0. The van der Waals surface area contributed by atoms with Crippen LogP contribution in [0.25, 0.3) is 0 Å². The summed E-state index contributed by atoms with van der Waals surface area (Å²) in [6.45, 7) is 2.39. The zero-order valence-corrected chi connectivity index (χ0v) is 15.2. The average molecular weight is 355 g/mol. The summed E-state index contributed by atoms with van der Waals surface area (Å²) in [5, 5.41) is 0. The Morgan fingerprint density at radius 2 is 1.65 bits per heavy atom. The van der Waals surface area contributed by atoms with Crippen molar-refractivity contribution < 1.29 is 14.4 Å². The molecule has 1 saturated carbocycles. The molecule has 0 spiro atoms. The molecule has 0 unspecified atom stereocenters. The average Bonchev–Trinajstić information content (AvgIpc) is 3.29. The van der Waals surface area contributed by atoms with Crippen molar-refractivity contribution in [3.05, 3.63) is 29.3 Å². The zero-order valence-electron chi connectivity index (χ0n) is 15.2. The van der Waals surface area contributed by atoms with Gasteiger partial charge in [-0.1, -0.05) is 12.8 Å². The topological polar surface area (TPSA) is 60.9 Å². The summed E-state index contributed by atoms with van der Waals surface area (Å²) in [6, 6.07) is 5.49. The maximum Gasteiger partial charge on any atom is 0.253 e. The van der Waals surface area contributed by atoms with Crippen molar-refractivity contribution >= 4 is 23.4 Å². The highest BCUT2D eigenvalue weighted by Gasteiger charge is 2.31. The first-order valence-corrected chi connectivity index (χ1v) is 9.52. The Morgan fingerprint density at radius 3 is 2.35 bits per heavy atom. The monoisotopic (exact) mass is 355 g/mol. The highest BCUT2D eigenvalue weighted by atomic mass is 16.2. The summed E-state index contributed by atoms with van der Waals surface area (Å²) >= 11 is 0. The van der Waals surface area contributed by atoms with Crippen LogP contribution in [0.4, 0.5) is 5.69 Å². The molecule has 3 amide bonds. The van der Waals surface area contributed by atoms with Gasteiger partial charge in [0.2, 0.25) is 11.8 Å². The van der Waals surface area contributed by atoms with Crippen LogP contribution in [-0.2, 0) is 16.0 Å². The number of fused-ring (bicyclic) bond motifs is 1. The van der Waals surface area contributed by atoms with Gasteiger partial charge >= 0.3 is 0 Å². The first-order valence-electron chi connectivity index (χ1n) is 9.52. The second kappa shape index (κ2) is 6.74. The Labute approximate surface area is 153 Å². The van der Waals surface area contributed by atoms with E-state index in [4.69, 9.17) is 0 Å². The van der Waals surface area contributed by atoms with Gasteiger partial charge in [-0.05, 0) is 36.6 Å². The highest BCUT2D eigenvalue weighted by molar-refractivity contribution is 6.03. The van der Waals surface area contributed by atoms with E-state index in [-0.39, 0.29) is 23.6 Å². The normalized spacial score (nSPS) is 20.7. The standard InChI is InChI=1S/C20H25N3O3/c1-21-17-7-6-15(12-16(17)13-18(21)24)20(26)23-10-8-22(9-11-23)19(25)14-4-2-3-5-14/h6-7,12,14H,2-5,8-11,13H2,1H3. The van der Waals surface area contributed by atoms with Crippen molar-refractivity contribution in [3.8, 4) is 0 Å². The molecule has 2 heterocycles. The number of amides is 3. The zero-order chi connectivity index (χ0) is 18.3. The second-order valence-electron chi connectivity index (χ2n) is 7.57. The van der Waals surface area contributed by atoms with E-state index in [1.165, 1.54) is 0 Å². The van der Waals surface area contributed by atoms with E-state index >= 15 is 0 Å². The Hall–Kier alpha value is -2.37. The lowest BCUT2D eigenvalue weighted by molar-refractivity contribution is -0.136. The van der Waals surface area contributed by atoms with E-state index in [9.17, 15) is 14.4 Å².